The quantitative estimate of drug-likeness (QED) is 0.205. The minimum atomic E-state index is -0.487. The Hall–Kier alpha value is -1.28. The van der Waals surface area contributed by atoms with E-state index in [0.717, 1.165) is 56.3 Å². The first-order chi connectivity index (χ1) is 17.0. The predicted octanol–water partition coefficient (Wildman–Crippen LogP) is 5.68. The summed E-state index contributed by atoms with van der Waals surface area (Å²) in [5.41, 5.74) is 0.00258. The van der Waals surface area contributed by atoms with Crippen molar-refractivity contribution in [1.82, 2.24) is 5.32 Å². The third-order valence-corrected chi connectivity index (χ3v) is 7.86. The molecule has 1 aliphatic carbocycles. The van der Waals surface area contributed by atoms with Crippen molar-refractivity contribution in [1.29, 1.82) is 0 Å². The molecule has 202 valence electrons. The van der Waals surface area contributed by atoms with Gasteiger partial charge in [-0.3, -0.25) is 4.79 Å². The van der Waals surface area contributed by atoms with Crippen LogP contribution in [0.1, 0.15) is 92.9 Å². The van der Waals surface area contributed by atoms with Crippen molar-refractivity contribution < 1.29 is 23.6 Å². The molecule has 1 aromatic carbocycles. The van der Waals surface area contributed by atoms with Crippen molar-refractivity contribution in [2.45, 2.75) is 116 Å². The van der Waals surface area contributed by atoms with Crippen LogP contribution in [0.2, 0.25) is 5.02 Å². The third-order valence-electron chi connectivity index (χ3n) is 7.54. The van der Waals surface area contributed by atoms with Gasteiger partial charge in [0.05, 0.1) is 17.8 Å². The highest BCUT2D eigenvalue weighted by molar-refractivity contribution is 6.65. The van der Waals surface area contributed by atoms with Gasteiger partial charge < -0.3 is 24.1 Å². The summed E-state index contributed by atoms with van der Waals surface area (Å²) >= 11 is 6.54. The second kappa shape index (κ2) is 13.0. The first-order valence-electron chi connectivity index (χ1n) is 13.7. The zero-order valence-corrected chi connectivity index (χ0v) is 23.8. The summed E-state index contributed by atoms with van der Waals surface area (Å²) in [6, 6.07) is 5.45. The monoisotopic (exact) mass is 521 g/mol. The summed E-state index contributed by atoms with van der Waals surface area (Å²) in [5.74, 6) is 1.10. The molecule has 3 rings (SSSR count). The molecule has 0 spiro atoms. The van der Waals surface area contributed by atoms with Crippen molar-refractivity contribution in [3.63, 3.8) is 0 Å². The smallest absolute Gasteiger partial charge is 0.494 e. The molecule has 2 fully saturated rings. The lowest BCUT2D eigenvalue weighted by molar-refractivity contribution is -0.151. The molecule has 0 amide bonds. The van der Waals surface area contributed by atoms with Crippen LogP contribution in [0, 0.1) is 5.92 Å². The minimum Gasteiger partial charge on any atom is -0.494 e. The molecule has 1 aromatic rings. The van der Waals surface area contributed by atoms with Crippen LogP contribution < -0.4 is 15.5 Å². The fourth-order valence-corrected chi connectivity index (χ4v) is 4.88. The van der Waals surface area contributed by atoms with Crippen molar-refractivity contribution >= 4 is 30.2 Å². The first-order valence-corrected chi connectivity index (χ1v) is 14.1. The molecule has 0 unspecified atom stereocenters. The highest BCUT2D eigenvalue weighted by atomic mass is 35.5. The Kier molecular flexibility index (Phi) is 10.6. The van der Waals surface area contributed by atoms with E-state index in [1.807, 2.05) is 45.9 Å². The van der Waals surface area contributed by atoms with Crippen LogP contribution in [0.15, 0.2) is 18.2 Å². The van der Waals surface area contributed by atoms with Crippen LogP contribution in [0.3, 0.4) is 0 Å². The molecule has 1 saturated carbocycles. The van der Waals surface area contributed by atoms with Crippen LogP contribution in [-0.4, -0.2) is 49.6 Å². The van der Waals surface area contributed by atoms with Gasteiger partial charge in [-0.1, -0.05) is 31.5 Å². The summed E-state index contributed by atoms with van der Waals surface area (Å²) in [5, 5.41) is 4.01. The number of carbonyl (C=O) groups excluding carboxylic acids is 1. The Bertz CT molecular complexity index is 840. The van der Waals surface area contributed by atoms with Crippen LogP contribution in [0.5, 0.6) is 5.75 Å². The molecule has 2 aliphatic rings. The molecular weight excluding hydrogens is 477 g/mol. The molecular formula is C28H45BClNO5. The largest absolute Gasteiger partial charge is 0.496 e. The number of hydrogen-bond donors (Lipinski definition) is 1. The Balaban J connectivity index is 1.35. The molecule has 8 heteroatoms. The normalized spacial score (nSPS) is 20.2. The maximum atomic E-state index is 12.6. The lowest BCUT2D eigenvalue weighted by Crippen LogP contribution is -2.41. The van der Waals surface area contributed by atoms with Gasteiger partial charge in [-0.25, -0.2) is 0 Å². The number of carbonyl (C=O) groups is 1. The molecule has 1 heterocycles. The fraction of sp³-hybridized carbons (Fsp3) is 0.750. The average molecular weight is 522 g/mol. The Morgan fingerprint density at radius 2 is 1.78 bits per heavy atom. The maximum Gasteiger partial charge on any atom is 0.496 e. The van der Waals surface area contributed by atoms with E-state index in [4.69, 9.17) is 30.4 Å². The second-order valence-corrected chi connectivity index (χ2v) is 12.1. The molecule has 6 nitrogen and oxygen atoms in total. The van der Waals surface area contributed by atoms with Gasteiger partial charge in [-0.15, -0.1) is 0 Å². The lowest BCUT2D eigenvalue weighted by Gasteiger charge is -2.32. The summed E-state index contributed by atoms with van der Waals surface area (Å²) in [6.45, 7) is 13.8. The average Bonchev–Trinajstić information content (AvgIpc) is 3.36. The van der Waals surface area contributed by atoms with E-state index in [0.29, 0.717) is 17.5 Å². The molecule has 1 N–H and O–H groups in total. The van der Waals surface area contributed by atoms with Gasteiger partial charge in [-0.05, 0) is 104 Å². The first kappa shape index (κ1) is 29.3. The number of benzene rings is 1. The topological polar surface area (TPSA) is 66.0 Å². The van der Waals surface area contributed by atoms with Gasteiger partial charge in [0.15, 0.2) is 0 Å². The lowest BCUT2D eigenvalue weighted by atomic mass is 9.79. The second-order valence-electron chi connectivity index (χ2n) is 11.7. The van der Waals surface area contributed by atoms with Gasteiger partial charge in [0.25, 0.3) is 0 Å². The molecule has 36 heavy (non-hydrogen) atoms. The van der Waals surface area contributed by atoms with Crippen molar-refractivity contribution in [2.75, 3.05) is 13.2 Å². The number of rotatable bonds is 13. The summed E-state index contributed by atoms with van der Waals surface area (Å²) in [6.07, 6.45) is 8.19. The molecule has 1 aliphatic heterocycles. The van der Waals surface area contributed by atoms with Gasteiger partial charge in [-0.2, -0.15) is 0 Å². The van der Waals surface area contributed by atoms with Crippen LogP contribution >= 0.6 is 11.6 Å². The number of nitrogens with one attached hydrogen (secondary N) is 1. The van der Waals surface area contributed by atoms with Gasteiger partial charge in [0.1, 0.15) is 17.9 Å². The Morgan fingerprint density at radius 1 is 1.11 bits per heavy atom. The highest BCUT2D eigenvalue weighted by Crippen LogP contribution is 2.37. The molecule has 0 radical (unpaired) electrons. The zero-order valence-electron chi connectivity index (χ0n) is 23.0. The van der Waals surface area contributed by atoms with E-state index in [1.165, 1.54) is 12.8 Å². The molecule has 0 bridgehead atoms. The Labute approximate surface area is 223 Å². The summed E-state index contributed by atoms with van der Waals surface area (Å²) < 4.78 is 23.9. The van der Waals surface area contributed by atoms with Crippen LogP contribution in [0.25, 0.3) is 0 Å². The van der Waals surface area contributed by atoms with Gasteiger partial charge in [0, 0.05) is 10.5 Å². The van der Waals surface area contributed by atoms with Crippen LogP contribution in [-0.2, 0) is 18.8 Å². The summed E-state index contributed by atoms with van der Waals surface area (Å²) in [7, 11) is -0.487. The Morgan fingerprint density at radius 3 is 2.39 bits per heavy atom. The van der Waals surface area contributed by atoms with E-state index in [-0.39, 0.29) is 18.1 Å². The highest BCUT2D eigenvalue weighted by Gasteiger charge is 2.52. The molecule has 1 saturated heterocycles. The number of hydrogen-bond acceptors (Lipinski definition) is 6. The zero-order chi connectivity index (χ0) is 26.3. The number of unbranched alkanes of at least 4 members (excludes halogenated alkanes) is 2. The number of esters is 1. The van der Waals surface area contributed by atoms with Gasteiger partial charge >= 0.3 is 13.1 Å². The predicted molar refractivity (Wildman–Crippen MR) is 146 cm³/mol. The van der Waals surface area contributed by atoms with E-state index in [9.17, 15) is 4.79 Å². The van der Waals surface area contributed by atoms with Crippen LogP contribution in [0.4, 0.5) is 0 Å². The van der Waals surface area contributed by atoms with E-state index < -0.39 is 18.3 Å². The molecule has 1 atom stereocenters. The van der Waals surface area contributed by atoms with Gasteiger partial charge in [0.2, 0.25) is 0 Å². The SMILES string of the molecule is CC(C)C[C@@H](NCCCCCOc1ccc(B2OC(C)(C)C(C)(C)O2)c(Cl)c1)C(=O)OC1CCCC1. The van der Waals surface area contributed by atoms with Crippen molar-refractivity contribution in [3.8, 4) is 5.75 Å². The van der Waals surface area contributed by atoms with E-state index in [2.05, 4.69) is 19.2 Å². The number of ether oxygens (including phenoxy) is 2. The fourth-order valence-electron chi connectivity index (χ4n) is 4.62. The van der Waals surface area contributed by atoms with Crippen molar-refractivity contribution in [2.24, 2.45) is 5.92 Å². The van der Waals surface area contributed by atoms with Crippen molar-refractivity contribution in [3.05, 3.63) is 23.2 Å². The minimum absolute atomic E-state index is 0.0835. The maximum absolute atomic E-state index is 12.6. The molecule has 0 aromatic heterocycles. The number of halogens is 1. The standard InChI is InChI=1S/C28H45BClNO5/c1-20(2)18-25(26(32)34-21-12-8-9-13-21)31-16-10-7-11-17-33-22-14-15-23(24(30)19-22)29-35-27(3,4)28(5,6)36-29/h14-15,19-21,25,31H,7-13,16-18H2,1-6H3/t25-/m1/s1. The third kappa shape index (κ3) is 8.11. The van der Waals surface area contributed by atoms with E-state index >= 15 is 0 Å². The summed E-state index contributed by atoms with van der Waals surface area (Å²) in [4.78, 5) is 12.6. The van der Waals surface area contributed by atoms with E-state index in [1.54, 1.807) is 0 Å².